The van der Waals surface area contributed by atoms with Crippen LogP contribution in [0.25, 0.3) is 0 Å². The SMILES string of the molecule is CCCCN(CCCC)c1cc[n+](C23CC4CC(CC(C4)C2)C3)cc1. The van der Waals surface area contributed by atoms with Crippen LogP contribution in [0.4, 0.5) is 5.69 Å². The Bertz CT molecular complexity index is 519. The molecule has 0 saturated heterocycles. The molecule has 0 aliphatic heterocycles. The van der Waals surface area contributed by atoms with E-state index in [1.807, 2.05) is 0 Å². The Hall–Kier alpha value is -1.05. The molecule has 0 amide bonds. The van der Waals surface area contributed by atoms with E-state index in [1.54, 1.807) is 0 Å². The van der Waals surface area contributed by atoms with Gasteiger partial charge < -0.3 is 4.90 Å². The maximum Gasteiger partial charge on any atom is 0.171 e. The molecule has 0 radical (unpaired) electrons. The van der Waals surface area contributed by atoms with E-state index in [0.29, 0.717) is 5.54 Å². The van der Waals surface area contributed by atoms with Crippen molar-refractivity contribution in [2.75, 3.05) is 18.0 Å². The second-order valence-corrected chi connectivity index (χ2v) is 9.30. The number of rotatable bonds is 8. The topological polar surface area (TPSA) is 7.12 Å². The minimum Gasteiger partial charge on any atom is -0.371 e. The summed E-state index contributed by atoms with van der Waals surface area (Å²) in [5.74, 6) is 3.05. The molecule has 4 bridgehead atoms. The fourth-order valence-electron chi connectivity index (χ4n) is 6.39. The van der Waals surface area contributed by atoms with Gasteiger partial charge in [-0.05, 0) is 49.9 Å². The van der Waals surface area contributed by atoms with Crippen LogP contribution in [0.2, 0.25) is 0 Å². The molecule has 2 heteroatoms. The van der Waals surface area contributed by atoms with Crippen molar-refractivity contribution < 1.29 is 4.57 Å². The van der Waals surface area contributed by atoms with Crippen molar-refractivity contribution in [3.05, 3.63) is 24.5 Å². The summed E-state index contributed by atoms with van der Waals surface area (Å²) >= 11 is 0. The maximum absolute atomic E-state index is 2.62. The summed E-state index contributed by atoms with van der Waals surface area (Å²) in [5.41, 5.74) is 1.90. The zero-order valence-electron chi connectivity index (χ0n) is 16.4. The zero-order valence-corrected chi connectivity index (χ0v) is 16.4. The first-order valence-electron chi connectivity index (χ1n) is 11.0. The Morgan fingerprint density at radius 1 is 0.880 bits per heavy atom. The lowest BCUT2D eigenvalue weighted by Crippen LogP contribution is -2.64. The van der Waals surface area contributed by atoms with Crippen LogP contribution in [0.3, 0.4) is 0 Å². The van der Waals surface area contributed by atoms with Gasteiger partial charge in [-0.15, -0.1) is 0 Å². The molecule has 4 aliphatic carbocycles. The highest BCUT2D eigenvalue weighted by Crippen LogP contribution is 2.56. The number of hydrogen-bond donors (Lipinski definition) is 0. The second-order valence-electron chi connectivity index (χ2n) is 9.30. The summed E-state index contributed by atoms with van der Waals surface area (Å²) in [5, 5.41) is 0. The van der Waals surface area contributed by atoms with Gasteiger partial charge in [0.1, 0.15) is 0 Å². The molecule has 4 saturated carbocycles. The normalized spacial score (nSPS) is 33.0. The fourth-order valence-corrected chi connectivity index (χ4v) is 6.39. The van der Waals surface area contributed by atoms with Crippen molar-refractivity contribution >= 4 is 5.69 Å². The van der Waals surface area contributed by atoms with Gasteiger partial charge in [-0.3, -0.25) is 0 Å². The predicted octanol–water partition coefficient (Wildman–Crippen LogP) is 5.31. The Balaban J connectivity index is 1.51. The van der Waals surface area contributed by atoms with E-state index in [0.717, 1.165) is 17.8 Å². The third-order valence-electron chi connectivity index (χ3n) is 7.29. The molecule has 0 aromatic carbocycles. The lowest BCUT2D eigenvalue weighted by Gasteiger charge is -2.53. The summed E-state index contributed by atoms with van der Waals surface area (Å²) in [7, 11) is 0. The molecule has 1 aromatic rings. The lowest BCUT2D eigenvalue weighted by atomic mass is 9.53. The minimum atomic E-state index is 0.463. The Morgan fingerprint density at radius 3 is 1.80 bits per heavy atom. The van der Waals surface area contributed by atoms with Crippen molar-refractivity contribution in [2.45, 2.75) is 83.6 Å². The number of aromatic nitrogens is 1. The molecule has 0 spiro atoms. The first kappa shape index (κ1) is 17.4. The molecule has 25 heavy (non-hydrogen) atoms. The molecular weight excluding hydrogens is 304 g/mol. The Labute approximate surface area is 154 Å². The van der Waals surface area contributed by atoms with Gasteiger partial charge in [0, 0.05) is 50.2 Å². The molecule has 4 fully saturated rings. The average Bonchev–Trinajstić information content (AvgIpc) is 2.61. The molecule has 0 N–H and O–H groups in total. The molecule has 0 unspecified atom stereocenters. The number of hydrogen-bond acceptors (Lipinski definition) is 1. The summed E-state index contributed by atoms with van der Waals surface area (Å²) < 4.78 is 2.62. The lowest BCUT2D eigenvalue weighted by molar-refractivity contribution is -0.776. The fraction of sp³-hybridized carbons (Fsp3) is 0.783. The van der Waals surface area contributed by atoms with Crippen LogP contribution in [0.15, 0.2) is 24.5 Å². The van der Waals surface area contributed by atoms with E-state index < -0.39 is 0 Å². The number of unbranched alkanes of at least 4 members (excludes halogenated alkanes) is 2. The molecule has 1 heterocycles. The monoisotopic (exact) mass is 341 g/mol. The maximum atomic E-state index is 2.62. The van der Waals surface area contributed by atoms with Crippen molar-refractivity contribution in [1.82, 2.24) is 0 Å². The van der Waals surface area contributed by atoms with Gasteiger partial charge in [0.15, 0.2) is 17.9 Å². The largest absolute Gasteiger partial charge is 0.371 e. The van der Waals surface area contributed by atoms with Gasteiger partial charge in [-0.2, -0.15) is 4.57 Å². The van der Waals surface area contributed by atoms with E-state index in [4.69, 9.17) is 0 Å². The molecule has 138 valence electrons. The van der Waals surface area contributed by atoms with E-state index in [-0.39, 0.29) is 0 Å². The minimum absolute atomic E-state index is 0.463. The van der Waals surface area contributed by atoms with E-state index >= 15 is 0 Å². The van der Waals surface area contributed by atoms with E-state index in [2.05, 4.69) is 47.8 Å². The molecule has 0 atom stereocenters. The molecule has 1 aromatic heterocycles. The summed E-state index contributed by atoms with van der Waals surface area (Å²) in [6.45, 7) is 7.00. The van der Waals surface area contributed by atoms with Crippen LogP contribution in [0.1, 0.15) is 78.1 Å². The van der Waals surface area contributed by atoms with Gasteiger partial charge >= 0.3 is 0 Å². The van der Waals surface area contributed by atoms with Crippen LogP contribution >= 0.6 is 0 Å². The van der Waals surface area contributed by atoms with Crippen LogP contribution in [-0.2, 0) is 5.54 Å². The van der Waals surface area contributed by atoms with Crippen LogP contribution in [0, 0.1) is 17.8 Å². The van der Waals surface area contributed by atoms with Crippen LogP contribution in [0.5, 0.6) is 0 Å². The first-order valence-corrected chi connectivity index (χ1v) is 11.0. The molecule has 2 nitrogen and oxygen atoms in total. The van der Waals surface area contributed by atoms with Gasteiger partial charge in [-0.25, -0.2) is 0 Å². The summed E-state index contributed by atoms with van der Waals surface area (Å²) in [6.07, 6.45) is 18.9. The van der Waals surface area contributed by atoms with Gasteiger partial charge in [-0.1, -0.05) is 26.7 Å². The van der Waals surface area contributed by atoms with Gasteiger partial charge in [0.2, 0.25) is 0 Å². The van der Waals surface area contributed by atoms with E-state index in [9.17, 15) is 0 Å². The van der Waals surface area contributed by atoms with Crippen molar-refractivity contribution in [3.63, 3.8) is 0 Å². The smallest absolute Gasteiger partial charge is 0.171 e. The van der Waals surface area contributed by atoms with E-state index in [1.165, 1.54) is 83.0 Å². The van der Waals surface area contributed by atoms with Gasteiger partial charge in [0.05, 0.1) is 0 Å². The standard InChI is InChI=1S/C23H37N2/c1-3-5-9-24(10-6-4-2)22-7-11-25(12-8-22)23-16-19-13-20(17-23)15-21(14-19)18-23/h7-8,11-12,19-21H,3-6,9-10,13-18H2,1-2H3/q+1. The average molecular weight is 342 g/mol. The second kappa shape index (κ2) is 7.29. The number of anilines is 1. The molecule has 5 rings (SSSR count). The zero-order chi connectivity index (χ0) is 17.3. The Morgan fingerprint density at radius 2 is 1.36 bits per heavy atom. The highest BCUT2D eigenvalue weighted by atomic mass is 15.1. The molecule has 4 aliphatic rings. The van der Waals surface area contributed by atoms with Crippen LogP contribution in [-0.4, -0.2) is 13.1 Å². The molecular formula is C23H37N2+. The third kappa shape index (κ3) is 3.46. The third-order valence-corrected chi connectivity index (χ3v) is 7.29. The number of pyridine rings is 1. The number of nitrogens with zero attached hydrogens (tertiary/aromatic N) is 2. The highest BCUT2D eigenvalue weighted by Gasteiger charge is 2.56. The van der Waals surface area contributed by atoms with Crippen molar-refractivity contribution in [3.8, 4) is 0 Å². The highest BCUT2D eigenvalue weighted by molar-refractivity contribution is 5.43. The first-order chi connectivity index (χ1) is 12.2. The van der Waals surface area contributed by atoms with Crippen LogP contribution < -0.4 is 9.47 Å². The summed E-state index contributed by atoms with van der Waals surface area (Å²) in [4.78, 5) is 2.61. The van der Waals surface area contributed by atoms with Gasteiger partial charge in [0.25, 0.3) is 0 Å². The van der Waals surface area contributed by atoms with Crippen molar-refractivity contribution in [1.29, 1.82) is 0 Å². The summed E-state index contributed by atoms with van der Waals surface area (Å²) in [6, 6.07) is 4.81. The quantitative estimate of drug-likeness (QED) is 0.582. The Kier molecular flexibility index (Phi) is 5.06. The predicted molar refractivity (Wildman–Crippen MR) is 105 cm³/mol. The van der Waals surface area contributed by atoms with Crippen molar-refractivity contribution in [2.24, 2.45) is 17.8 Å².